The first-order valence-corrected chi connectivity index (χ1v) is 9.30. The first-order chi connectivity index (χ1) is 11.7. The van der Waals surface area contributed by atoms with Gasteiger partial charge in [0.2, 0.25) is 5.91 Å². The average Bonchev–Trinajstić information content (AvgIpc) is 3.08. The second kappa shape index (κ2) is 10.0. The van der Waals surface area contributed by atoms with E-state index in [1.807, 2.05) is 35.0 Å². The van der Waals surface area contributed by atoms with Crippen LogP contribution in [0.15, 0.2) is 41.8 Å². The highest BCUT2D eigenvalue weighted by Crippen LogP contribution is 2.22. The summed E-state index contributed by atoms with van der Waals surface area (Å²) in [5, 5.41) is 3.76. The molecule has 2 rings (SSSR count). The Bertz CT molecular complexity index is 643. The summed E-state index contributed by atoms with van der Waals surface area (Å²) in [5.74, 6) is 1.22. The Morgan fingerprint density at radius 1 is 1.33 bits per heavy atom. The number of unbranched alkanes of at least 4 members (excludes halogenated alkanes) is 3. The van der Waals surface area contributed by atoms with E-state index in [4.69, 9.17) is 4.74 Å². The summed E-state index contributed by atoms with van der Waals surface area (Å²) in [6.07, 6.45) is 8.27. The molecule has 0 fully saturated rings. The molecule has 5 nitrogen and oxygen atoms in total. The Labute approximate surface area is 147 Å². The van der Waals surface area contributed by atoms with Gasteiger partial charge in [-0.1, -0.05) is 44.0 Å². The van der Waals surface area contributed by atoms with E-state index in [0.717, 1.165) is 29.6 Å². The minimum absolute atomic E-state index is 0.0525. The number of ether oxygens (including phenoxy) is 1. The van der Waals surface area contributed by atoms with Gasteiger partial charge in [-0.25, -0.2) is 4.98 Å². The van der Waals surface area contributed by atoms with Crippen LogP contribution in [0.1, 0.15) is 32.6 Å². The number of thioether (sulfide) groups is 1. The maximum atomic E-state index is 11.9. The SMILES string of the molecule is CCCCCCNC(=O)CSc1nccn1-c1cccc(OC)c1. The summed E-state index contributed by atoms with van der Waals surface area (Å²) < 4.78 is 7.22. The van der Waals surface area contributed by atoms with Gasteiger partial charge < -0.3 is 10.1 Å². The molecule has 1 aromatic heterocycles. The monoisotopic (exact) mass is 347 g/mol. The highest BCUT2D eigenvalue weighted by Gasteiger charge is 2.09. The van der Waals surface area contributed by atoms with Crippen molar-refractivity contribution in [3.63, 3.8) is 0 Å². The van der Waals surface area contributed by atoms with E-state index >= 15 is 0 Å². The van der Waals surface area contributed by atoms with Gasteiger partial charge >= 0.3 is 0 Å². The van der Waals surface area contributed by atoms with Crippen molar-refractivity contribution in [1.82, 2.24) is 14.9 Å². The number of carbonyl (C=O) groups is 1. The molecule has 24 heavy (non-hydrogen) atoms. The summed E-state index contributed by atoms with van der Waals surface area (Å²) in [4.78, 5) is 16.3. The molecule has 0 unspecified atom stereocenters. The third kappa shape index (κ3) is 5.60. The first kappa shape index (κ1) is 18.4. The number of hydrogen-bond donors (Lipinski definition) is 1. The Hall–Kier alpha value is -1.95. The number of nitrogens with one attached hydrogen (secondary N) is 1. The molecule has 1 aromatic carbocycles. The molecule has 130 valence electrons. The Morgan fingerprint density at radius 2 is 2.21 bits per heavy atom. The van der Waals surface area contributed by atoms with Crippen molar-refractivity contribution in [2.75, 3.05) is 19.4 Å². The second-order valence-corrected chi connectivity index (χ2v) is 6.42. The molecule has 0 radical (unpaired) electrons. The summed E-state index contributed by atoms with van der Waals surface area (Å²) in [7, 11) is 1.65. The molecule has 6 heteroatoms. The van der Waals surface area contributed by atoms with E-state index in [-0.39, 0.29) is 5.91 Å². The molecule has 2 aromatic rings. The van der Waals surface area contributed by atoms with Crippen LogP contribution in [-0.4, -0.2) is 34.9 Å². The van der Waals surface area contributed by atoms with Gasteiger partial charge in [-0.15, -0.1) is 0 Å². The maximum absolute atomic E-state index is 11.9. The Morgan fingerprint density at radius 3 is 3.00 bits per heavy atom. The van der Waals surface area contributed by atoms with Crippen LogP contribution in [-0.2, 0) is 4.79 Å². The van der Waals surface area contributed by atoms with E-state index < -0.39 is 0 Å². The summed E-state index contributed by atoms with van der Waals surface area (Å²) in [6.45, 7) is 2.93. The van der Waals surface area contributed by atoms with Crippen LogP contribution in [0.3, 0.4) is 0 Å². The summed E-state index contributed by atoms with van der Waals surface area (Å²) >= 11 is 1.44. The lowest BCUT2D eigenvalue weighted by atomic mass is 10.2. The van der Waals surface area contributed by atoms with E-state index in [1.165, 1.54) is 31.0 Å². The third-order valence-corrected chi connectivity index (χ3v) is 4.59. The minimum atomic E-state index is 0.0525. The molecule has 1 N–H and O–H groups in total. The quantitative estimate of drug-likeness (QED) is 0.526. The van der Waals surface area contributed by atoms with Gasteiger partial charge in [0.1, 0.15) is 5.75 Å². The molecule has 0 spiro atoms. The lowest BCUT2D eigenvalue weighted by Crippen LogP contribution is -2.26. The molecule has 1 heterocycles. The number of imidazole rings is 1. The van der Waals surface area contributed by atoms with Crippen molar-refractivity contribution in [1.29, 1.82) is 0 Å². The van der Waals surface area contributed by atoms with Crippen molar-refractivity contribution in [3.8, 4) is 11.4 Å². The lowest BCUT2D eigenvalue weighted by Gasteiger charge is -2.09. The van der Waals surface area contributed by atoms with Crippen LogP contribution in [0.25, 0.3) is 5.69 Å². The van der Waals surface area contributed by atoms with Gasteiger partial charge in [0.15, 0.2) is 5.16 Å². The number of aromatic nitrogens is 2. The van der Waals surface area contributed by atoms with Gasteiger partial charge in [0.05, 0.1) is 18.6 Å². The number of rotatable bonds is 10. The number of carbonyl (C=O) groups excluding carboxylic acids is 1. The Kier molecular flexibility index (Phi) is 7.68. The standard InChI is InChI=1S/C18H25N3O2S/c1-3-4-5-6-10-19-17(22)14-24-18-20-11-12-21(18)15-8-7-9-16(13-15)23-2/h7-9,11-13H,3-6,10,14H2,1-2H3,(H,19,22). The molecular weight excluding hydrogens is 322 g/mol. The molecule has 1 amide bonds. The number of nitrogens with zero attached hydrogens (tertiary/aromatic N) is 2. The average molecular weight is 347 g/mol. The normalized spacial score (nSPS) is 10.6. The molecule has 0 aliphatic heterocycles. The van der Waals surface area contributed by atoms with Crippen LogP contribution in [0, 0.1) is 0 Å². The zero-order valence-corrected chi connectivity index (χ0v) is 15.1. The molecule has 0 bridgehead atoms. The highest BCUT2D eigenvalue weighted by atomic mass is 32.2. The second-order valence-electron chi connectivity index (χ2n) is 5.48. The van der Waals surface area contributed by atoms with Crippen LogP contribution in [0.5, 0.6) is 5.75 Å². The third-order valence-electron chi connectivity index (χ3n) is 3.62. The fraction of sp³-hybridized carbons (Fsp3) is 0.444. The van der Waals surface area contributed by atoms with E-state index in [2.05, 4.69) is 17.2 Å². The van der Waals surface area contributed by atoms with Crippen molar-refractivity contribution < 1.29 is 9.53 Å². The van der Waals surface area contributed by atoms with Crippen LogP contribution in [0.2, 0.25) is 0 Å². The largest absolute Gasteiger partial charge is 0.497 e. The molecule has 0 atom stereocenters. The van der Waals surface area contributed by atoms with Gasteiger partial charge in [0, 0.05) is 25.0 Å². The molecule has 0 saturated carbocycles. The minimum Gasteiger partial charge on any atom is -0.497 e. The lowest BCUT2D eigenvalue weighted by molar-refractivity contribution is -0.118. The van der Waals surface area contributed by atoms with E-state index in [1.54, 1.807) is 13.3 Å². The van der Waals surface area contributed by atoms with Gasteiger partial charge in [-0.05, 0) is 18.6 Å². The smallest absolute Gasteiger partial charge is 0.230 e. The van der Waals surface area contributed by atoms with Gasteiger partial charge in [-0.2, -0.15) is 0 Å². The number of methoxy groups -OCH3 is 1. The molecule has 0 aliphatic carbocycles. The Balaban J connectivity index is 1.85. The zero-order valence-electron chi connectivity index (χ0n) is 14.3. The number of hydrogen-bond acceptors (Lipinski definition) is 4. The topological polar surface area (TPSA) is 56.2 Å². The van der Waals surface area contributed by atoms with Crippen molar-refractivity contribution in [2.24, 2.45) is 0 Å². The van der Waals surface area contributed by atoms with Crippen molar-refractivity contribution in [2.45, 2.75) is 37.8 Å². The van der Waals surface area contributed by atoms with Gasteiger partial charge in [-0.3, -0.25) is 9.36 Å². The van der Waals surface area contributed by atoms with Crippen LogP contribution < -0.4 is 10.1 Å². The van der Waals surface area contributed by atoms with Crippen LogP contribution in [0.4, 0.5) is 0 Å². The van der Waals surface area contributed by atoms with Crippen molar-refractivity contribution in [3.05, 3.63) is 36.7 Å². The first-order valence-electron chi connectivity index (χ1n) is 8.32. The number of benzene rings is 1. The molecular formula is C18H25N3O2S. The van der Waals surface area contributed by atoms with Crippen molar-refractivity contribution >= 4 is 17.7 Å². The molecule has 0 aliphatic rings. The van der Waals surface area contributed by atoms with Crippen LogP contribution >= 0.6 is 11.8 Å². The van der Waals surface area contributed by atoms with Gasteiger partial charge in [0.25, 0.3) is 0 Å². The zero-order chi connectivity index (χ0) is 17.2. The number of amides is 1. The van der Waals surface area contributed by atoms with E-state index in [9.17, 15) is 4.79 Å². The summed E-state index contributed by atoms with van der Waals surface area (Å²) in [5.41, 5.74) is 0.967. The highest BCUT2D eigenvalue weighted by molar-refractivity contribution is 7.99. The fourth-order valence-corrected chi connectivity index (χ4v) is 3.12. The maximum Gasteiger partial charge on any atom is 0.230 e. The predicted molar refractivity (Wildman–Crippen MR) is 98.0 cm³/mol. The summed E-state index contributed by atoms with van der Waals surface area (Å²) in [6, 6.07) is 7.77. The van der Waals surface area contributed by atoms with E-state index in [0.29, 0.717) is 5.75 Å². The predicted octanol–water partition coefficient (Wildman–Crippen LogP) is 3.67. The molecule has 0 saturated heterocycles. The fourth-order valence-electron chi connectivity index (χ4n) is 2.31.